The number of rotatable bonds is 8. The number of carbonyl (C=O) groups is 2. The number of amides is 2. The molecule has 43 heavy (non-hydrogen) atoms. The number of morpholine rings is 1. The number of benzene rings is 2. The van der Waals surface area contributed by atoms with Crippen LogP contribution >= 0.6 is 11.3 Å². The molecule has 2 amide bonds. The van der Waals surface area contributed by atoms with Gasteiger partial charge in [0.05, 0.1) is 35.0 Å². The molecule has 3 heterocycles. The summed E-state index contributed by atoms with van der Waals surface area (Å²) in [6, 6.07) is 22.3. The van der Waals surface area contributed by atoms with Gasteiger partial charge in [0.25, 0.3) is 11.8 Å². The maximum absolute atomic E-state index is 13.6. The number of hydrogen-bond donors (Lipinski definition) is 2. The van der Waals surface area contributed by atoms with Crippen molar-refractivity contribution in [2.75, 3.05) is 36.5 Å². The van der Waals surface area contributed by atoms with Crippen LogP contribution in [0.15, 0.2) is 84.5 Å². The molecular weight excluding hydrogens is 558 g/mol. The van der Waals surface area contributed by atoms with E-state index in [4.69, 9.17) is 10.5 Å². The largest absolute Gasteiger partial charge is 0.378 e. The Hall–Kier alpha value is -4.05. The first kappa shape index (κ1) is 29.0. The number of thiophene rings is 1. The van der Waals surface area contributed by atoms with Crippen molar-refractivity contribution in [2.24, 2.45) is 5.73 Å². The molecule has 3 N–H and O–H groups in total. The average molecular weight is 596 g/mol. The number of ether oxygens (including phenoxy) is 1. The summed E-state index contributed by atoms with van der Waals surface area (Å²) in [4.78, 5) is 36.0. The number of pyridine rings is 1. The molecule has 1 aliphatic carbocycles. The quantitative estimate of drug-likeness (QED) is 0.267. The normalized spacial score (nSPS) is 18.7. The van der Waals surface area contributed by atoms with Gasteiger partial charge < -0.3 is 25.6 Å². The highest BCUT2D eigenvalue weighted by atomic mass is 32.1. The Balaban J connectivity index is 1.29. The average Bonchev–Trinajstić information content (AvgIpc) is 3.60. The monoisotopic (exact) mass is 595 g/mol. The molecule has 9 heteroatoms. The standard InChI is InChI=1S/C34H37N5O3S/c35-28-9-11-29(12-10-28)39(34(41)32-7-3-19-43-32)23-24-4-1-5-25(20-24)26-8-13-31(38-15-17-42-18-16-38)30(21-26)37-33(40)27-6-2-14-36-22-27/h1-8,13-14,19-22,28-29H,9-12,15-18,23,35H2,(H,37,40). The fourth-order valence-electron chi connectivity index (χ4n) is 5.96. The van der Waals surface area contributed by atoms with Gasteiger partial charge in [-0.05, 0) is 84.2 Å². The number of nitrogens with two attached hydrogens (primary N) is 1. The van der Waals surface area contributed by atoms with Gasteiger partial charge in [-0.15, -0.1) is 11.3 Å². The lowest BCUT2D eigenvalue weighted by atomic mass is 9.90. The Kier molecular flexibility index (Phi) is 9.12. The predicted octanol–water partition coefficient (Wildman–Crippen LogP) is 5.81. The van der Waals surface area contributed by atoms with Crippen LogP contribution in [-0.2, 0) is 11.3 Å². The Morgan fingerprint density at radius 3 is 2.53 bits per heavy atom. The second kappa shape index (κ2) is 13.5. The molecule has 0 spiro atoms. The summed E-state index contributed by atoms with van der Waals surface area (Å²) in [5, 5.41) is 5.09. The molecule has 0 bridgehead atoms. The molecule has 0 unspecified atom stereocenters. The predicted molar refractivity (Wildman–Crippen MR) is 172 cm³/mol. The molecule has 222 valence electrons. The zero-order valence-electron chi connectivity index (χ0n) is 24.2. The van der Waals surface area contributed by atoms with Gasteiger partial charge in [0.15, 0.2) is 0 Å². The molecule has 1 saturated heterocycles. The van der Waals surface area contributed by atoms with Crippen LogP contribution < -0.4 is 16.0 Å². The van der Waals surface area contributed by atoms with E-state index in [1.807, 2.05) is 34.5 Å². The van der Waals surface area contributed by atoms with E-state index in [1.165, 1.54) is 11.3 Å². The molecule has 2 fully saturated rings. The van der Waals surface area contributed by atoms with E-state index < -0.39 is 0 Å². The van der Waals surface area contributed by atoms with Crippen LogP contribution in [0.25, 0.3) is 11.1 Å². The molecular formula is C34H37N5O3S. The Morgan fingerprint density at radius 1 is 0.977 bits per heavy atom. The third kappa shape index (κ3) is 6.96. The fraction of sp³-hybridized carbons (Fsp3) is 0.324. The number of nitrogens with zero attached hydrogens (tertiary/aromatic N) is 3. The van der Waals surface area contributed by atoms with Crippen LogP contribution in [0.4, 0.5) is 11.4 Å². The van der Waals surface area contributed by atoms with Crippen molar-refractivity contribution < 1.29 is 14.3 Å². The van der Waals surface area contributed by atoms with Crippen molar-refractivity contribution in [3.8, 4) is 11.1 Å². The van der Waals surface area contributed by atoms with E-state index in [0.717, 1.165) is 71.7 Å². The Labute approximate surface area is 256 Å². The molecule has 2 aromatic carbocycles. The highest BCUT2D eigenvalue weighted by Crippen LogP contribution is 2.34. The molecule has 1 aliphatic heterocycles. The van der Waals surface area contributed by atoms with Crippen molar-refractivity contribution in [2.45, 2.75) is 44.3 Å². The first-order valence-corrected chi connectivity index (χ1v) is 15.8. The summed E-state index contributed by atoms with van der Waals surface area (Å²) in [5.74, 6) is -0.125. The maximum atomic E-state index is 13.6. The second-order valence-corrected chi connectivity index (χ2v) is 12.2. The number of nitrogens with one attached hydrogen (secondary N) is 1. The van der Waals surface area contributed by atoms with Gasteiger partial charge in [0.1, 0.15) is 0 Å². The minimum absolute atomic E-state index is 0.0798. The maximum Gasteiger partial charge on any atom is 0.264 e. The van der Waals surface area contributed by atoms with Gasteiger partial charge in [0, 0.05) is 44.1 Å². The summed E-state index contributed by atoms with van der Waals surface area (Å²) >= 11 is 1.49. The molecule has 0 atom stereocenters. The van der Waals surface area contributed by atoms with Gasteiger partial charge in [-0.3, -0.25) is 14.6 Å². The van der Waals surface area contributed by atoms with Gasteiger partial charge in [-0.25, -0.2) is 0 Å². The van der Waals surface area contributed by atoms with E-state index in [2.05, 4.69) is 45.5 Å². The number of aromatic nitrogens is 1. The number of carbonyl (C=O) groups excluding carboxylic acids is 2. The van der Waals surface area contributed by atoms with E-state index in [0.29, 0.717) is 25.3 Å². The van der Waals surface area contributed by atoms with Crippen LogP contribution in [0.1, 0.15) is 51.3 Å². The second-order valence-electron chi connectivity index (χ2n) is 11.2. The smallest absolute Gasteiger partial charge is 0.264 e. The summed E-state index contributed by atoms with van der Waals surface area (Å²) in [6.45, 7) is 3.33. The van der Waals surface area contributed by atoms with Gasteiger partial charge >= 0.3 is 0 Å². The van der Waals surface area contributed by atoms with Crippen molar-refractivity contribution in [3.05, 3.63) is 101 Å². The number of hydrogen-bond acceptors (Lipinski definition) is 7. The Morgan fingerprint density at radius 2 is 1.79 bits per heavy atom. The first-order valence-electron chi connectivity index (χ1n) is 14.9. The lowest BCUT2D eigenvalue weighted by Crippen LogP contribution is -2.43. The van der Waals surface area contributed by atoms with Gasteiger partial charge in [0.2, 0.25) is 0 Å². The highest BCUT2D eigenvalue weighted by molar-refractivity contribution is 7.12. The van der Waals surface area contributed by atoms with Crippen LogP contribution in [0.5, 0.6) is 0 Å². The van der Waals surface area contributed by atoms with Crippen molar-refractivity contribution in [1.82, 2.24) is 9.88 Å². The lowest BCUT2D eigenvalue weighted by molar-refractivity contribution is 0.0611. The van der Waals surface area contributed by atoms with E-state index in [-0.39, 0.29) is 23.9 Å². The van der Waals surface area contributed by atoms with E-state index in [1.54, 1.807) is 24.5 Å². The number of anilines is 2. The van der Waals surface area contributed by atoms with Crippen molar-refractivity contribution >= 4 is 34.5 Å². The molecule has 6 rings (SSSR count). The SMILES string of the molecule is NC1CCC(N(Cc2cccc(-c3ccc(N4CCOCC4)c(NC(=O)c4cccnc4)c3)c2)C(=O)c2cccs2)CC1. The molecule has 2 aliphatic rings. The fourth-order valence-corrected chi connectivity index (χ4v) is 6.63. The minimum Gasteiger partial charge on any atom is -0.378 e. The molecule has 8 nitrogen and oxygen atoms in total. The summed E-state index contributed by atoms with van der Waals surface area (Å²) in [5.41, 5.74) is 11.5. The molecule has 1 saturated carbocycles. The molecule has 4 aromatic rings. The van der Waals surface area contributed by atoms with E-state index >= 15 is 0 Å². The van der Waals surface area contributed by atoms with Crippen LogP contribution in [0.2, 0.25) is 0 Å². The van der Waals surface area contributed by atoms with E-state index in [9.17, 15) is 9.59 Å². The van der Waals surface area contributed by atoms with Crippen molar-refractivity contribution in [3.63, 3.8) is 0 Å². The zero-order valence-corrected chi connectivity index (χ0v) is 25.0. The highest BCUT2D eigenvalue weighted by Gasteiger charge is 2.29. The van der Waals surface area contributed by atoms with Gasteiger partial charge in [-0.1, -0.05) is 30.3 Å². The molecule has 2 aromatic heterocycles. The van der Waals surface area contributed by atoms with Crippen LogP contribution in [0.3, 0.4) is 0 Å². The summed E-state index contributed by atoms with van der Waals surface area (Å²) in [7, 11) is 0. The Bertz CT molecular complexity index is 1530. The minimum atomic E-state index is -0.205. The van der Waals surface area contributed by atoms with Crippen molar-refractivity contribution in [1.29, 1.82) is 0 Å². The molecule has 0 radical (unpaired) electrons. The third-order valence-corrected chi connectivity index (χ3v) is 9.17. The summed E-state index contributed by atoms with van der Waals surface area (Å²) in [6.07, 6.45) is 6.92. The van der Waals surface area contributed by atoms with Crippen LogP contribution in [-0.4, -0.2) is 60.1 Å². The first-order chi connectivity index (χ1) is 21.0. The zero-order chi connectivity index (χ0) is 29.6. The van der Waals surface area contributed by atoms with Crippen LogP contribution in [0, 0.1) is 0 Å². The lowest BCUT2D eigenvalue weighted by Gasteiger charge is -2.36. The topological polar surface area (TPSA) is 101 Å². The summed E-state index contributed by atoms with van der Waals surface area (Å²) < 4.78 is 5.57. The van der Waals surface area contributed by atoms with Gasteiger partial charge in [-0.2, -0.15) is 0 Å². The third-order valence-electron chi connectivity index (χ3n) is 8.31.